The lowest BCUT2D eigenvalue weighted by molar-refractivity contribution is 0.0198. The number of aromatic nitrogens is 2. The minimum absolute atomic E-state index is 0.0847. The molecule has 0 aliphatic carbocycles. The number of carboxylic acids is 1. The minimum atomic E-state index is -1.01. The third-order valence-electron chi connectivity index (χ3n) is 4.33. The first kappa shape index (κ1) is 15.7. The normalized spacial score (nSPS) is 17.1. The highest BCUT2D eigenvalue weighted by atomic mass is 16.5. The number of aryl methyl sites for hydroxylation is 1. The standard InChI is InChI=1S/C17H21N3O3/c1-12(20-7-9-23-10-8-20)13-3-5-14(6-4-13)15-11-19(2)18-16(15)17(21)22/h3-6,11-12H,7-10H2,1-2H3,(H,21,22). The minimum Gasteiger partial charge on any atom is -0.476 e. The number of nitrogens with zero attached hydrogens (tertiary/aromatic N) is 3. The zero-order valence-corrected chi connectivity index (χ0v) is 13.4. The summed E-state index contributed by atoms with van der Waals surface area (Å²) in [6.07, 6.45) is 1.74. The van der Waals surface area contributed by atoms with Crippen LogP contribution in [-0.2, 0) is 11.8 Å². The fourth-order valence-electron chi connectivity index (χ4n) is 2.97. The average Bonchev–Trinajstić information content (AvgIpc) is 2.97. The Labute approximate surface area is 135 Å². The maximum atomic E-state index is 11.3. The summed E-state index contributed by atoms with van der Waals surface area (Å²) in [7, 11) is 1.73. The number of carbonyl (C=O) groups is 1. The zero-order valence-electron chi connectivity index (χ0n) is 13.4. The van der Waals surface area contributed by atoms with Gasteiger partial charge in [0.1, 0.15) is 0 Å². The van der Waals surface area contributed by atoms with Crippen LogP contribution in [0.3, 0.4) is 0 Å². The van der Waals surface area contributed by atoms with E-state index < -0.39 is 5.97 Å². The van der Waals surface area contributed by atoms with Crippen molar-refractivity contribution in [2.75, 3.05) is 26.3 Å². The Hall–Kier alpha value is -2.18. The quantitative estimate of drug-likeness (QED) is 0.936. The number of rotatable bonds is 4. The van der Waals surface area contributed by atoms with E-state index in [-0.39, 0.29) is 5.69 Å². The molecule has 1 atom stereocenters. The van der Waals surface area contributed by atoms with Gasteiger partial charge in [-0.2, -0.15) is 5.10 Å². The summed E-state index contributed by atoms with van der Waals surface area (Å²) in [5, 5.41) is 13.3. The van der Waals surface area contributed by atoms with Crippen molar-refractivity contribution < 1.29 is 14.6 Å². The highest BCUT2D eigenvalue weighted by Crippen LogP contribution is 2.27. The number of aromatic carboxylic acids is 1. The Morgan fingerprint density at radius 1 is 1.26 bits per heavy atom. The van der Waals surface area contributed by atoms with Gasteiger partial charge in [-0.15, -0.1) is 0 Å². The third-order valence-corrected chi connectivity index (χ3v) is 4.33. The predicted molar refractivity (Wildman–Crippen MR) is 86.4 cm³/mol. The van der Waals surface area contributed by atoms with Crippen LogP contribution < -0.4 is 0 Å². The molecule has 2 aromatic rings. The van der Waals surface area contributed by atoms with Crippen molar-refractivity contribution in [3.05, 3.63) is 41.7 Å². The second-order valence-electron chi connectivity index (χ2n) is 5.82. The Kier molecular flexibility index (Phi) is 4.45. The van der Waals surface area contributed by atoms with Gasteiger partial charge in [-0.3, -0.25) is 9.58 Å². The summed E-state index contributed by atoms with van der Waals surface area (Å²) in [6, 6.07) is 8.38. The molecule has 0 saturated carbocycles. The Bertz CT molecular complexity index is 688. The molecule has 0 bridgehead atoms. The van der Waals surface area contributed by atoms with E-state index in [1.807, 2.05) is 12.1 Å². The van der Waals surface area contributed by atoms with Gasteiger partial charge in [-0.25, -0.2) is 4.79 Å². The molecule has 1 saturated heterocycles. The van der Waals surface area contributed by atoms with Crippen molar-refractivity contribution in [3.63, 3.8) is 0 Å². The summed E-state index contributed by atoms with van der Waals surface area (Å²) in [6.45, 7) is 5.62. The van der Waals surface area contributed by atoms with E-state index in [4.69, 9.17) is 4.74 Å². The number of ether oxygens (including phenoxy) is 1. The molecule has 0 spiro atoms. The summed E-state index contributed by atoms with van der Waals surface area (Å²) < 4.78 is 6.92. The van der Waals surface area contributed by atoms with Gasteiger partial charge >= 0.3 is 5.97 Å². The molecule has 1 fully saturated rings. The molecular formula is C17H21N3O3. The van der Waals surface area contributed by atoms with E-state index in [2.05, 4.69) is 29.1 Å². The molecule has 2 heterocycles. The van der Waals surface area contributed by atoms with Gasteiger partial charge in [-0.05, 0) is 18.1 Å². The second-order valence-corrected chi connectivity index (χ2v) is 5.82. The molecule has 1 N–H and O–H groups in total. The number of benzene rings is 1. The van der Waals surface area contributed by atoms with Crippen LogP contribution >= 0.6 is 0 Å². The molecule has 1 unspecified atom stereocenters. The molecule has 0 amide bonds. The van der Waals surface area contributed by atoms with Gasteiger partial charge < -0.3 is 9.84 Å². The highest BCUT2D eigenvalue weighted by Gasteiger charge is 2.20. The van der Waals surface area contributed by atoms with Crippen LogP contribution in [0.25, 0.3) is 11.1 Å². The SMILES string of the molecule is CC(c1ccc(-c2cn(C)nc2C(=O)O)cc1)N1CCOCC1. The van der Waals surface area contributed by atoms with Crippen LogP contribution in [0.4, 0.5) is 0 Å². The van der Waals surface area contributed by atoms with Crippen molar-refractivity contribution in [3.8, 4) is 11.1 Å². The lowest BCUT2D eigenvalue weighted by Crippen LogP contribution is -2.37. The summed E-state index contributed by atoms with van der Waals surface area (Å²) >= 11 is 0. The van der Waals surface area contributed by atoms with Gasteiger partial charge in [0.15, 0.2) is 5.69 Å². The van der Waals surface area contributed by atoms with E-state index in [0.29, 0.717) is 11.6 Å². The number of morpholine rings is 1. The van der Waals surface area contributed by atoms with Gasteiger partial charge in [-0.1, -0.05) is 24.3 Å². The lowest BCUT2D eigenvalue weighted by Gasteiger charge is -2.32. The van der Waals surface area contributed by atoms with Crippen molar-refractivity contribution in [2.24, 2.45) is 7.05 Å². The zero-order chi connectivity index (χ0) is 16.4. The Balaban J connectivity index is 1.83. The number of hydrogen-bond acceptors (Lipinski definition) is 4. The number of carboxylic acid groups (broad SMARTS) is 1. The van der Waals surface area contributed by atoms with Gasteiger partial charge in [0.2, 0.25) is 0 Å². The summed E-state index contributed by atoms with van der Waals surface area (Å²) in [4.78, 5) is 13.7. The Morgan fingerprint density at radius 3 is 2.52 bits per heavy atom. The topological polar surface area (TPSA) is 67.6 Å². The van der Waals surface area contributed by atoms with Crippen LogP contribution in [0.15, 0.2) is 30.5 Å². The smallest absolute Gasteiger partial charge is 0.357 e. The average molecular weight is 315 g/mol. The molecule has 122 valence electrons. The first-order valence-corrected chi connectivity index (χ1v) is 7.75. The largest absolute Gasteiger partial charge is 0.476 e. The summed E-state index contributed by atoms with van der Waals surface area (Å²) in [5.41, 5.74) is 2.82. The molecule has 1 aliphatic heterocycles. The van der Waals surface area contributed by atoms with Gasteiger partial charge in [0.25, 0.3) is 0 Å². The van der Waals surface area contributed by atoms with Crippen molar-refractivity contribution >= 4 is 5.97 Å². The van der Waals surface area contributed by atoms with Crippen LogP contribution in [0.1, 0.15) is 29.0 Å². The molecule has 1 aromatic carbocycles. The van der Waals surface area contributed by atoms with Crippen molar-refractivity contribution in [2.45, 2.75) is 13.0 Å². The summed E-state index contributed by atoms with van der Waals surface area (Å²) in [5.74, 6) is -1.01. The monoisotopic (exact) mass is 315 g/mol. The van der Waals surface area contributed by atoms with Crippen LogP contribution in [-0.4, -0.2) is 52.1 Å². The molecular weight excluding hydrogens is 294 g/mol. The van der Waals surface area contributed by atoms with E-state index in [0.717, 1.165) is 31.9 Å². The van der Waals surface area contributed by atoms with E-state index >= 15 is 0 Å². The van der Waals surface area contributed by atoms with E-state index in [1.54, 1.807) is 13.2 Å². The maximum absolute atomic E-state index is 11.3. The van der Waals surface area contributed by atoms with Gasteiger partial charge in [0, 0.05) is 37.9 Å². The molecule has 23 heavy (non-hydrogen) atoms. The molecule has 0 radical (unpaired) electrons. The second kappa shape index (κ2) is 6.52. The van der Waals surface area contributed by atoms with E-state index in [1.165, 1.54) is 10.2 Å². The Morgan fingerprint density at radius 2 is 1.91 bits per heavy atom. The first-order chi connectivity index (χ1) is 11.1. The van der Waals surface area contributed by atoms with Crippen molar-refractivity contribution in [1.29, 1.82) is 0 Å². The van der Waals surface area contributed by atoms with E-state index in [9.17, 15) is 9.90 Å². The molecule has 6 nitrogen and oxygen atoms in total. The van der Waals surface area contributed by atoms with Crippen LogP contribution in [0.5, 0.6) is 0 Å². The molecule has 6 heteroatoms. The van der Waals surface area contributed by atoms with Crippen LogP contribution in [0, 0.1) is 0 Å². The molecule has 1 aliphatic rings. The highest BCUT2D eigenvalue weighted by molar-refractivity contribution is 5.93. The number of hydrogen-bond donors (Lipinski definition) is 1. The van der Waals surface area contributed by atoms with Crippen LogP contribution in [0.2, 0.25) is 0 Å². The maximum Gasteiger partial charge on any atom is 0.357 e. The first-order valence-electron chi connectivity index (χ1n) is 7.75. The fraction of sp³-hybridized carbons (Fsp3) is 0.412. The predicted octanol–water partition coefficient (Wildman–Crippen LogP) is 2.18. The molecule has 1 aromatic heterocycles. The lowest BCUT2D eigenvalue weighted by atomic mass is 10.0. The third kappa shape index (κ3) is 3.28. The van der Waals surface area contributed by atoms with Crippen molar-refractivity contribution in [1.82, 2.24) is 14.7 Å². The van der Waals surface area contributed by atoms with Gasteiger partial charge in [0.05, 0.1) is 13.2 Å². The molecule has 3 rings (SSSR count). The fourth-order valence-corrected chi connectivity index (χ4v) is 2.97.